The summed E-state index contributed by atoms with van der Waals surface area (Å²) in [5.41, 5.74) is 1.30. The van der Waals surface area contributed by atoms with Crippen molar-refractivity contribution in [3.05, 3.63) is 71.8 Å². The van der Waals surface area contributed by atoms with Crippen LogP contribution in [0.3, 0.4) is 0 Å². The quantitative estimate of drug-likeness (QED) is 0.800. The second kappa shape index (κ2) is 8.22. The van der Waals surface area contributed by atoms with E-state index in [1.165, 1.54) is 0 Å². The van der Waals surface area contributed by atoms with Gasteiger partial charge in [-0.15, -0.1) is 0 Å². The molecule has 132 valence electrons. The van der Waals surface area contributed by atoms with Crippen molar-refractivity contribution in [1.29, 1.82) is 0 Å². The molecular weight excluding hydrogens is 324 g/mol. The number of aliphatic hydroxyl groups is 2. The summed E-state index contributed by atoms with van der Waals surface area (Å²) >= 11 is 0. The maximum absolute atomic E-state index is 12.3. The molecule has 0 bridgehead atoms. The molecule has 0 saturated carbocycles. The first-order chi connectivity index (χ1) is 12.1. The van der Waals surface area contributed by atoms with Gasteiger partial charge in [0, 0.05) is 0 Å². The van der Waals surface area contributed by atoms with Crippen LogP contribution < -0.4 is 0 Å². The Hall–Kier alpha value is -2.25. The monoisotopic (exact) mass is 344 g/mol. The van der Waals surface area contributed by atoms with E-state index < -0.39 is 30.6 Å². The lowest BCUT2D eigenvalue weighted by Gasteiger charge is -2.37. The molecule has 0 unspecified atom stereocenters. The van der Waals surface area contributed by atoms with Crippen molar-refractivity contribution in [2.75, 3.05) is 6.61 Å². The van der Waals surface area contributed by atoms with Gasteiger partial charge in [0.05, 0.1) is 18.8 Å². The van der Waals surface area contributed by atoms with E-state index in [-0.39, 0.29) is 13.2 Å². The largest absolute Gasteiger partial charge is 0.453 e. The minimum atomic E-state index is -1.43. The molecule has 2 aromatic rings. The van der Waals surface area contributed by atoms with Crippen LogP contribution in [0.25, 0.3) is 0 Å². The first-order valence-corrected chi connectivity index (χ1v) is 8.04. The third-order valence-electron chi connectivity index (χ3n) is 3.99. The molecule has 1 aliphatic rings. The average Bonchev–Trinajstić information content (AvgIpc) is 2.66. The smallest absolute Gasteiger partial charge is 0.338 e. The fourth-order valence-electron chi connectivity index (χ4n) is 2.60. The highest BCUT2D eigenvalue weighted by molar-refractivity contribution is 5.89. The molecule has 1 fully saturated rings. The normalized spacial score (nSPS) is 26.2. The van der Waals surface area contributed by atoms with Gasteiger partial charge in [0.2, 0.25) is 0 Å². The number of aliphatic hydroxyl groups excluding tert-OH is 2. The number of hydrogen-bond acceptors (Lipinski definition) is 6. The molecule has 6 heteroatoms. The molecule has 1 aliphatic heterocycles. The highest BCUT2D eigenvalue weighted by atomic mass is 16.7. The van der Waals surface area contributed by atoms with Gasteiger partial charge in [0.1, 0.15) is 12.2 Å². The van der Waals surface area contributed by atoms with E-state index in [0.29, 0.717) is 5.56 Å². The fourth-order valence-corrected chi connectivity index (χ4v) is 2.60. The number of ether oxygens (including phenoxy) is 3. The SMILES string of the molecule is O=C(O[C@@H]1[C@H](O)[C@@H](O)OC[C@H]1OCc1ccccc1)c1ccccc1. The number of carbonyl (C=O) groups is 1. The lowest BCUT2D eigenvalue weighted by atomic mass is 10.0. The predicted molar refractivity (Wildman–Crippen MR) is 88.6 cm³/mol. The van der Waals surface area contributed by atoms with Crippen LogP contribution in [-0.4, -0.2) is 47.4 Å². The molecule has 6 nitrogen and oxygen atoms in total. The van der Waals surface area contributed by atoms with E-state index in [4.69, 9.17) is 14.2 Å². The second-order valence-electron chi connectivity index (χ2n) is 5.79. The highest BCUT2D eigenvalue weighted by Gasteiger charge is 2.42. The van der Waals surface area contributed by atoms with Crippen LogP contribution in [-0.2, 0) is 20.8 Å². The molecule has 4 atom stereocenters. The molecule has 0 aliphatic carbocycles. The number of carbonyl (C=O) groups excluding carboxylic acids is 1. The maximum Gasteiger partial charge on any atom is 0.338 e. The Balaban J connectivity index is 1.68. The predicted octanol–water partition coefficient (Wildman–Crippen LogP) is 1.51. The van der Waals surface area contributed by atoms with Crippen LogP contribution in [0.2, 0.25) is 0 Å². The third kappa shape index (κ3) is 4.43. The topological polar surface area (TPSA) is 85.2 Å². The number of hydrogen-bond donors (Lipinski definition) is 2. The summed E-state index contributed by atoms with van der Waals surface area (Å²) in [6.45, 7) is 0.287. The number of esters is 1. The van der Waals surface area contributed by atoms with Crippen molar-refractivity contribution in [3.63, 3.8) is 0 Å². The Kier molecular flexibility index (Phi) is 5.78. The molecule has 0 amide bonds. The Labute approximate surface area is 145 Å². The third-order valence-corrected chi connectivity index (χ3v) is 3.99. The minimum absolute atomic E-state index is 0.0117. The maximum atomic E-state index is 12.3. The molecule has 0 spiro atoms. The van der Waals surface area contributed by atoms with Gasteiger partial charge in [-0.2, -0.15) is 0 Å². The molecular formula is C19H20O6. The first kappa shape index (κ1) is 17.6. The van der Waals surface area contributed by atoms with Gasteiger partial charge in [-0.3, -0.25) is 0 Å². The highest BCUT2D eigenvalue weighted by Crippen LogP contribution is 2.22. The average molecular weight is 344 g/mol. The van der Waals surface area contributed by atoms with Gasteiger partial charge in [-0.05, 0) is 17.7 Å². The van der Waals surface area contributed by atoms with Gasteiger partial charge in [-0.25, -0.2) is 4.79 Å². The summed E-state index contributed by atoms with van der Waals surface area (Å²) < 4.78 is 16.3. The molecule has 2 N–H and O–H groups in total. The van der Waals surface area contributed by atoms with Crippen molar-refractivity contribution in [3.8, 4) is 0 Å². The summed E-state index contributed by atoms with van der Waals surface area (Å²) in [7, 11) is 0. The summed E-state index contributed by atoms with van der Waals surface area (Å²) in [5, 5.41) is 19.9. The van der Waals surface area contributed by atoms with Crippen molar-refractivity contribution < 1.29 is 29.2 Å². The zero-order chi connectivity index (χ0) is 17.6. The van der Waals surface area contributed by atoms with Crippen LogP contribution in [0, 0.1) is 0 Å². The Morgan fingerprint density at radius 2 is 1.68 bits per heavy atom. The van der Waals surface area contributed by atoms with E-state index >= 15 is 0 Å². The van der Waals surface area contributed by atoms with Gasteiger partial charge < -0.3 is 24.4 Å². The van der Waals surface area contributed by atoms with Crippen molar-refractivity contribution in [2.45, 2.75) is 31.2 Å². The first-order valence-electron chi connectivity index (χ1n) is 8.04. The van der Waals surface area contributed by atoms with Crippen LogP contribution >= 0.6 is 0 Å². The van der Waals surface area contributed by atoms with E-state index in [0.717, 1.165) is 5.56 Å². The molecule has 2 aromatic carbocycles. The van der Waals surface area contributed by atoms with Crippen molar-refractivity contribution >= 4 is 5.97 Å². The van der Waals surface area contributed by atoms with Crippen LogP contribution in [0.1, 0.15) is 15.9 Å². The lowest BCUT2D eigenvalue weighted by Crippen LogP contribution is -2.55. The molecule has 3 rings (SSSR count). The van der Waals surface area contributed by atoms with Gasteiger partial charge >= 0.3 is 5.97 Å². The van der Waals surface area contributed by atoms with E-state index in [1.54, 1.807) is 30.3 Å². The van der Waals surface area contributed by atoms with Crippen LogP contribution in [0.5, 0.6) is 0 Å². The van der Waals surface area contributed by atoms with Crippen LogP contribution in [0.15, 0.2) is 60.7 Å². The Morgan fingerprint density at radius 3 is 2.36 bits per heavy atom. The number of benzene rings is 2. The summed E-state index contributed by atoms with van der Waals surface area (Å²) in [5.74, 6) is -0.591. The molecule has 25 heavy (non-hydrogen) atoms. The molecule has 0 radical (unpaired) electrons. The zero-order valence-electron chi connectivity index (χ0n) is 13.5. The summed E-state index contributed by atoms with van der Waals surface area (Å²) in [6.07, 6.45) is -4.53. The van der Waals surface area contributed by atoms with E-state index in [9.17, 15) is 15.0 Å². The fraction of sp³-hybridized carbons (Fsp3) is 0.316. The van der Waals surface area contributed by atoms with Crippen molar-refractivity contribution in [2.24, 2.45) is 0 Å². The Morgan fingerprint density at radius 1 is 1.04 bits per heavy atom. The molecule has 0 aromatic heterocycles. The van der Waals surface area contributed by atoms with E-state index in [1.807, 2.05) is 30.3 Å². The standard InChI is InChI=1S/C19H20O6/c20-16-17(25-18(21)14-9-5-2-6-10-14)15(12-24-19(16)22)23-11-13-7-3-1-4-8-13/h1-10,15-17,19-20,22H,11-12H2/t15-,16+,17+,19+/m1/s1. The molecule has 1 heterocycles. The van der Waals surface area contributed by atoms with Gasteiger partial charge in [0.25, 0.3) is 0 Å². The Bertz CT molecular complexity index is 675. The minimum Gasteiger partial charge on any atom is -0.453 e. The summed E-state index contributed by atoms with van der Waals surface area (Å²) in [4.78, 5) is 12.3. The lowest BCUT2D eigenvalue weighted by molar-refractivity contribution is -0.261. The number of rotatable bonds is 5. The van der Waals surface area contributed by atoms with Crippen molar-refractivity contribution in [1.82, 2.24) is 0 Å². The van der Waals surface area contributed by atoms with Gasteiger partial charge in [-0.1, -0.05) is 48.5 Å². The van der Waals surface area contributed by atoms with Crippen LogP contribution in [0.4, 0.5) is 0 Å². The zero-order valence-corrected chi connectivity index (χ0v) is 13.5. The second-order valence-corrected chi connectivity index (χ2v) is 5.79. The van der Waals surface area contributed by atoms with E-state index in [2.05, 4.69) is 0 Å². The summed E-state index contributed by atoms with van der Waals surface area (Å²) in [6, 6.07) is 17.9. The molecule has 1 saturated heterocycles. The van der Waals surface area contributed by atoms with Gasteiger partial charge in [0.15, 0.2) is 12.4 Å².